The van der Waals surface area contributed by atoms with Crippen LogP contribution in [0.4, 0.5) is 5.69 Å². The summed E-state index contributed by atoms with van der Waals surface area (Å²) in [6.07, 6.45) is 7.63. The van der Waals surface area contributed by atoms with Gasteiger partial charge in [-0.25, -0.2) is 4.98 Å². The third-order valence-corrected chi connectivity index (χ3v) is 4.58. The van der Waals surface area contributed by atoms with Crippen molar-refractivity contribution in [3.05, 3.63) is 24.0 Å². The molecular weight excluding hydrogens is 264 g/mol. The number of rotatable bonds is 3. The van der Waals surface area contributed by atoms with E-state index < -0.39 is 0 Å². The van der Waals surface area contributed by atoms with Crippen LogP contribution in [0.3, 0.4) is 0 Å². The van der Waals surface area contributed by atoms with Crippen molar-refractivity contribution in [3.8, 4) is 0 Å². The third kappa shape index (κ3) is 2.78. The summed E-state index contributed by atoms with van der Waals surface area (Å²) in [6.45, 7) is 2.75. The number of carbonyl (C=O) groups is 1. The maximum atomic E-state index is 12.5. The number of nitrogens with two attached hydrogens (primary N) is 1. The molecule has 1 amide bonds. The van der Waals surface area contributed by atoms with Crippen molar-refractivity contribution in [3.63, 3.8) is 0 Å². The average Bonchev–Trinajstić information content (AvgIpc) is 2.90. The first-order valence-corrected chi connectivity index (χ1v) is 7.62. The number of hydrogen-bond donors (Lipinski definition) is 3. The zero-order valence-corrected chi connectivity index (χ0v) is 12.4. The number of aromatic amines is 1. The van der Waals surface area contributed by atoms with Gasteiger partial charge in [0.1, 0.15) is 5.65 Å². The molecule has 0 spiro atoms. The van der Waals surface area contributed by atoms with Crippen molar-refractivity contribution in [1.29, 1.82) is 0 Å². The summed E-state index contributed by atoms with van der Waals surface area (Å²) in [7, 11) is 0. The SMILES string of the molecule is Cc1c[nH]c2nccc(NC(=O)[C@H]3CC[C@H](CN)CC3)c12. The molecule has 0 aliphatic heterocycles. The van der Waals surface area contributed by atoms with E-state index in [-0.39, 0.29) is 11.8 Å². The molecule has 0 radical (unpaired) electrons. The number of nitrogens with zero attached hydrogens (tertiary/aromatic N) is 1. The van der Waals surface area contributed by atoms with Crippen LogP contribution in [-0.2, 0) is 4.79 Å². The molecule has 112 valence electrons. The largest absolute Gasteiger partial charge is 0.346 e. The van der Waals surface area contributed by atoms with Gasteiger partial charge in [0.05, 0.1) is 5.69 Å². The first kappa shape index (κ1) is 14.1. The fourth-order valence-electron chi connectivity index (χ4n) is 3.22. The normalized spacial score (nSPS) is 22.4. The summed E-state index contributed by atoms with van der Waals surface area (Å²) in [5, 5.41) is 4.09. The van der Waals surface area contributed by atoms with Gasteiger partial charge in [-0.15, -0.1) is 0 Å². The maximum absolute atomic E-state index is 12.5. The zero-order valence-electron chi connectivity index (χ0n) is 12.4. The quantitative estimate of drug-likeness (QED) is 0.811. The van der Waals surface area contributed by atoms with E-state index in [0.717, 1.165) is 54.5 Å². The topological polar surface area (TPSA) is 83.8 Å². The smallest absolute Gasteiger partial charge is 0.227 e. The fraction of sp³-hybridized carbons (Fsp3) is 0.500. The number of hydrogen-bond acceptors (Lipinski definition) is 3. The van der Waals surface area contributed by atoms with Gasteiger partial charge in [-0.05, 0) is 56.7 Å². The minimum absolute atomic E-state index is 0.107. The Bertz CT molecular complexity index is 641. The second kappa shape index (κ2) is 5.85. The number of aryl methyl sites for hydroxylation is 1. The Labute approximate surface area is 124 Å². The third-order valence-electron chi connectivity index (χ3n) is 4.58. The van der Waals surface area contributed by atoms with Crippen LogP contribution < -0.4 is 11.1 Å². The molecule has 0 saturated heterocycles. The van der Waals surface area contributed by atoms with Gasteiger partial charge in [-0.2, -0.15) is 0 Å². The van der Waals surface area contributed by atoms with E-state index in [1.54, 1.807) is 6.20 Å². The van der Waals surface area contributed by atoms with E-state index in [4.69, 9.17) is 5.73 Å². The van der Waals surface area contributed by atoms with Crippen LogP contribution in [0.1, 0.15) is 31.2 Å². The van der Waals surface area contributed by atoms with Crippen LogP contribution >= 0.6 is 0 Å². The minimum Gasteiger partial charge on any atom is -0.346 e. The van der Waals surface area contributed by atoms with Gasteiger partial charge in [0.15, 0.2) is 0 Å². The maximum Gasteiger partial charge on any atom is 0.227 e. The van der Waals surface area contributed by atoms with Crippen LogP contribution in [-0.4, -0.2) is 22.4 Å². The Morgan fingerprint density at radius 1 is 1.43 bits per heavy atom. The molecule has 0 bridgehead atoms. The number of fused-ring (bicyclic) bond motifs is 1. The Kier molecular flexibility index (Phi) is 3.92. The van der Waals surface area contributed by atoms with Crippen molar-refractivity contribution in [2.45, 2.75) is 32.6 Å². The second-order valence-electron chi connectivity index (χ2n) is 6.00. The van der Waals surface area contributed by atoms with Crippen molar-refractivity contribution in [2.75, 3.05) is 11.9 Å². The lowest BCUT2D eigenvalue weighted by molar-refractivity contribution is -0.121. The molecule has 0 atom stereocenters. The van der Waals surface area contributed by atoms with Crippen LogP contribution in [0.5, 0.6) is 0 Å². The molecule has 2 aromatic rings. The summed E-state index contributed by atoms with van der Waals surface area (Å²) < 4.78 is 0. The molecule has 1 saturated carbocycles. The van der Waals surface area contributed by atoms with E-state index in [1.165, 1.54) is 0 Å². The van der Waals surface area contributed by atoms with Gasteiger partial charge in [0.25, 0.3) is 0 Å². The Morgan fingerprint density at radius 2 is 2.19 bits per heavy atom. The summed E-state index contributed by atoms with van der Waals surface area (Å²) in [4.78, 5) is 19.9. The van der Waals surface area contributed by atoms with E-state index in [9.17, 15) is 4.79 Å². The molecule has 2 aromatic heterocycles. The number of H-pyrrole nitrogens is 1. The van der Waals surface area contributed by atoms with Gasteiger partial charge in [0, 0.05) is 23.7 Å². The first-order valence-electron chi connectivity index (χ1n) is 7.62. The Morgan fingerprint density at radius 3 is 2.90 bits per heavy atom. The molecule has 5 heteroatoms. The van der Waals surface area contributed by atoms with Crippen LogP contribution in [0.15, 0.2) is 18.5 Å². The highest BCUT2D eigenvalue weighted by atomic mass is 16.1. The van der Waals surface area contributed by atoms with Gasteiger partial charge in [-0.1, -0.05) is 0 Å². The predicted octanol–water partition coefficient (Wildman–Crippen LogP) is 2.57. The van der Waals surface area contributed by atoms with E-state index >= 15 is 0 Å². The summed E-state index contributed by atoms with van der Waals surface area (Å²) >= 11 is 0. The lowest BCUT2D eigenvalue weighted by Gasteiger charge is -2.26. The van der Waals surface area contributed by atoms with Crippen molar-refractivity contribution < 1.29 is 4.79 Å². The number of nitrogens with one attached hydrogen (secondary N) is 2. The Balaban J connectivity index is 1.73. The zero-order chi connectivity index (χ0) is 14.8. The van der Waals surface area contributed by atoms with Crippen molar-refractivity contribution in [2.24, 2.45) is 17.6 Å². The molecule has 0 unspecified atom stereocenters. The highest BCUT2D eigenvalue weighted by Crippen LogP contribution is 2.30. The van der Waals surface area contributed by atoms with Gasteiger partial charge >= 0.3 is 0 Å². The predicted molar refractivity (Wildman–Crippen MR) is 84.0 cm³/mol. The molecular formula is C16H22N4O. The first-order chi connectivity index (χ1) is 10.2. The lowest BCUT2D eigenvalue weighted by Crippen LogP contribution is -2.29. The second-order valence-corrected chi connectivity index (χ2v) is 6.00. The highest BCUT2D eigenvalue weighted by molar-refractivity contribution is 6.02. The molecule has 4 N–H and O–H groups in total. The Hall–Kier alpha value is -1.88. The van der Waals surface area contributed by atoms with E-state index in [2.05, 4.69) is 15.3 Å². The summed E-state index contributed by atoms with van der Waals surface area (Å²) in [5.74, 6) is 0.822. The molecule has 0 aromatic carbocycles. The molecule has 2 heterocycles. The lowest BCUT2D eigenvalue weighted by atomic mass is 9.81. The van der Waals surface area contributed by atoms with Gasteiger partial charge in [-0.3, -0.25) is 4.79 Å². The number of amides is 1. The summed E-state index contributed by atoms with van der Waals surface area (Å²) in [5.41, 5.74) is 8.47. The monoisotopic (exact) mass is 286 g/mol. The fourth-order valence-corrected chi connectivity index (χ4v) is 3.22. The summed E-state index contributed by atoms with van der Waals surface area (Å²) in [6, 6.07) is 1.87. The molecule has 21 heavy (non-hydrogen) atoms. The number of carbonyl (C=O) groups excluding carboxylic acids is 1. The number of aromatic nitrogens is 2. The van der Waals surface area contributed by atoms with E-state index in [1.807, 2.05) is 19.2 Å². The minimum atomic E-state index is 0.107. The van der Waals surface area contributed by atoms with Crippen LogP contribution in [0, 0.1) is 18.8 Å². The highest BCUT2D eigenvalue weighted by Gasteiger charge is 2.26. The van der Waals surface area contributed by atoms with Gasteiger partial charge < -0.3 is 16.0 Å². The van der Waals surface area contributed by atoms with Crippen molar-refractivity contribution in [1.82, 2.24) is 9.97 Å². The molecule has 1 aliphatic carbocycles. The molecule has 1 aliphatic rings. The van der Waals surface area contributed by atoms with Crippen molar-refractivity contribution >= 4 is 22.6 Å². The van der Waals surface area contributed by atoms with Crippen LogP contribution in [0.2, 0.25) is 0 Å². The molecule has 3 rings (SSSR count). The molecule has 5 nitrogen and oxygen atoms in total. The van der Waals surface area contributed by atoms with E-state index in [0.29, 0.717) is 5.92 Å². The van der Waals surface area contributed by atoms with Gasteiger partial charge in [0.2, 0.25) is 5.91 Å². The standard InChI is InChI=1S/C16H22N4O/c1-10-9-19-15-14(10)13(6-7-18-15)20-16(21)12-4-2-11(8-17)3-5-12/h6-7,9,11-12H,2-5,8,17H2,1H3,(H2,18,19,20,21)/t11-,12-. The van der Waals surface area contributed by atoms with Crippen LogP contribution in [0.25, 0.3) is 11.0 Å². The average molecular weight is 286 g/mol. The number of pyridine rings is 1. The molecule has 1 fully saturated rings. The number of anilines is 1.